The quantitative estimate of drug-likeness (QED) is 0.543. The summed E-state index contributed by atoms with van der Waals surface area (Å²) < 4.78 is 0. The molecule has 3 nitrogen and oxygen atoms in total. The van der Waals surface area contributed by atoms with Crippen LogP contribution < -0.4 is 0 Å². The predicted molar refractivity (Wildman–Crippen MR) is 52.2 cm³/mol. The van der Waals surface area contributed by atoms with E-state index < -0.39 is 5.92 Å². The molecule has 74 valence electrons. The molecule has 14 heavy (non-hydrogen) atoms. The Morgan fingerprint density at radius 1 is 1.57 bits per heavy atom. The van der Waals surface area contributed by atoms with Crippen LogP contribution in [0.3, 0.4) is 0 Å². The monoisotopic (exact) mass is 191 g/mol. The Hall–Kier alpha value is -1.38. The first-order valence-corrected chi connectivity index (χ1v) is 4.91. The highest BCUT2D eigenvalue weighted by molar-refractivity contribution is 6.10. The third-order valence-corrected chi connectivity index (χ3v) is 2.82. The Morgan fingerprint density at radius 3 is 3.07 bits per heavy atom. The van der Waals surface area contributed by atoms with Crippen LogP contribution in [-0.4, -0.2) is 16.6 Å². The molecule has 0 aliphatic heterocycles. The standard InChI is InChI=1S/C11H13NO2/c1-7(13)8-3-2-4-10-9(11(8)14)5-6-12-10/h5-6,8,12H,2-4H2,1H3. The molecule has 1 unspecified atom stereocenters. The molecular weight excluding hydrogens is 178 g/mol. The molecule has 0 fully saturated rings. The fourth-order valence-electron chi connectivity index (χ4n) is 2.03. The Bertz CT molecular complexity index is 378. The molecule has 0 amide bonds. The van der Waals surface area contributed by atoms with Crippen LogP contribution in [0.4, 0.5) is 0 Å². The van der Waals surface area contributed by atoms with Crippen molar-refractivity contribution in [3.63, 3.8) is 0 Å². The molecule has 1 aromatic heterocycles. The summed E-state index contributed by atoms with van der Waals surface area (Å²) >= 11 is 0. The van der Waals surface area contributed by atoms with Crippen molar-refractivity contribution in [2.75, 3.05) is 0 Å². The van der Waals surface area contributed by atoms with Crippen molar-refractivity contribution < 1.29 is 9.59 Å². The molecule has 0 saturated heterocycles. The second-order valence-electron chi connectivity index (χ2n) is 3.79. The van der Waals surface area contributed by atoms with Gasteiger partial charge in [-0.2, -0.15) is 0 Å². The van der Waals surface area contributed by atoms with Gasteiger partial charge in [0.15, 0.2) is 5.78 Å². The minimum Gasteiger partial charge on any atom is -0.364 e. The average molecular weight is 191 g/mol. The first kappa shape index (κ1) is 9.19. The molecule has 1 aliphatic carbocycles. The molecule has 0 bridgehead atoms. The van der Waals surface area contributed by atoms with Crippen molar-refractivity contribution in [3.05, 3.63) is 23.5 Å². The number of carbonyl (C=O) groups is 2. The van der Waals surface area contributed by atoms with Gasteiger partial charge in [-0.3, -0.25) is 9.59 Å². The zero-order valence-corrected chi connectivity index (χ0v) is 8.17. The van der Waals surface area contributed by atoms with Gasteiger partial charge in [-0.1, -0.05) is 0 Å². The van der Waals surface area contributed by atoms with Gasteiger partial charge in [-0.25, -0.2) is 0 Å². The number of Topliss-reactive ketones (excluding diaryl/α,β-unsaturated/α-hetero) is 2. The summed E-state index contributed by atoms with van der Waals surface area (Å²) in [5.74, 6) is -0.428. The summed E-state index contributed by atoms with van der Waals surface area (Å²) in [6.45, 7) is 1.50. The van der Waals surface area contributed by atoms with Crippen LogP contribution in [0.1, 0.15) is 35.8 Å². The number of carbonyl (C=O) groups excluding carboxylic acids is 2. The lowest BCUT2D eigenvalue weighted by Gasteiger charge is -2.07. The zero-order chi connectivity index (χ0) is 10.1. The number of fused-ring (bicyclic) bond motifs is 1. The summed E-state index contributed by atoms with van der Waals surface area (Å²) in [5.41, 5.74) is 1.70. The van der Waals surface area contributed by atoms with Crippen LogP contribution >= 0.6 is 0 Å². The predicted octanol–water partition coefficient (Wildman–Crippen LogP) is 1.74. The molecule has 0 spiro atoms. The Morgan fingerprint density at radius 2 is 2.36 bits per heavy atom. The molecular formula is C11H13NO2. The summed E-state index contributed by atoms with van der Waals surface area (Å²) in [5, 5.41) is 0. The maximum Gasteiger partial charge on any atom is 0.175 e. The van der Waals surface area contributed by atoms with Gasteiger partial charge in [0.1, 0.15) is 5.78 Å². The van der Waals surface area contributed by atoms with Gasteiger partial charge in [0.05, 0.1) is 5.92 Å². The third-order valence-electron chi connectivity index (χ3n) is 2.82. The lowest BCUT2D eigenvalue weighted by molar-refractivity contribution is -0.119. The van der Waals surface area contributed by atoms with Crippen LogP contribution in [0.5, 0.6) is 0 Å². The topological polar surface area (TPSA) is 49.9 Å². The largest absolute Gasteiger partial charge is 0.364 e. The van der Waals surface area contributed by atoms with Gasteiger partial charge in [0.2, 0.25) is 0 Å². The van der Waals surface area contributed by atoms with E-state index in [1.165, 1.54) is 6.92 Å². The van der Waals surface area contributed by atoms with Gasteiger partial charge < -0.3 is 4.98 Å². The van der Waals surface area contributed by atoms with Crippen LogP contribution in [0.25, 0.3) is 0 Å². The minimum absolute atomic E-state index is 0.00810. The highest BCUT2D eigenvalue weighted by Crippen LogP contribution is 2.24. The van der Waals surface area contributed by atoms with E-state index in [2.05, 4.69) is 4.98 Å². The van der Waals surface area contributed by atoms with E-state index in [1.54, 1.807) is 12.3 Å². The molecule has 1 N–H and O–H groups in total. The maximum absolute atomic E-state index is 11.9. The average Bonchev–Trinajstić information content (AvgIpc) is 2.53. The number of ketones is 2. The van der Waals surface area contributed by atoms with E-state index in [-0.39, 0.29) is 11.6 Å². The van der Waals surface area contributed by atoms with Crippen LogP contribution in [0.2, 0.25) is 0 Å². The summed E-state index contributed by atoms with van der Waals surface area (Å²) in [6.07, 6.45) is 4.24. The normalized spacial score (nSPS) is 21.5. The van der Waals surface area contributed by atoms with Crippen molar-refractivity contribution >= 4 is 11.6 Å². The lowest BCUT2D eigenvalue weighted by Crippen LogP contribution is -2.20. The molecule has 0 radical (unpaired) electrons. The molecule has 1 atom stereocenters. The van der Waals surface area contributed by atoms with Gasteiger partial charge in [-0.05, 0) is 32.3 Å². The third kappa shape index (κ3) is 1.39. The number of hydrogen-bond acceptors (Lipinski definition) is 2. The number of aromatic amines is 1. The molecule has 1 heterocycles. The van der Waals surface area contributed by atoms with Crippen LogP contribution in [-0.2, 0) is 11.2 Å². The molecule has 0 saturated carbocycles. The Labute approximate surface area is 82.5 Å². The van der Waals surface area contributed by atoms with Crippen molar-refractivity contribution in [1.82, 2.24) is 4.98 Å². The van der Waals surface area contributed by atoms with Crippen molar-refractivity contribution in [2.45, 2.75) is 26.2 Å². The Balaban J connectivity index is 2.38. The summed E-state index contributed by atoms with van der Waals surface area (Å²) in [6, 6.07) is 1.78. The number of nitrogens with one attached hydrogen (secondary N) is 1. The molecule has 2 rings (SSSR count). The van der Waals surface area contributed by atoms with Gasteiger partial charge in [-0.15, -0.1) is 0 Å². The number of aryl methyl sites for hydroxylation is 1. The van der Waals surface area contributed by atoms with E-state index in [0.717, 1.165) is 18.5 Å². The second-order valence-corrected chi connectivity index (χ2v) is 3.79. The fraction of sp³-hybridized carbons (Fsp3) is 0.455. The van der Waals surface area contributed by atoms with E-state index in [1.807, 2.05) is 0 Å². The van der Waals surface area contributed by atoms with E-state index in [9.17, 15) is 9.59 Å². The summed E-state index contributed by atoms with van der Waals surface area (Å²) in [7, 11) is 0. The van der Waals surface area contributed by atoms with Crippen LogP contribution in [0, 0.1) is 5.92 Å². The number of rotatable bonds is 1. The fourth-order valence-corrected chi connectivity index (χ4v) is 2.03. The highest BCUT2D eigenvalue weighted by atomic mass is 16.1. The van der Waals surface area contributed by atoms with E-state index >= 15 is 0 Å². The second kappa shape index (κ2) is 3.40. The number of aromatic nitrogens is 1. The van der Waals surface area contributed by atoms with Crippen molar-refractivity contribution in [3.8, 4) is 0 Å². The first-order chi connectivity index (χ1) is 6.70. The Kier molecular flexibility index (Phi) is 2.23. The van der Waals surface area contributed by atoms with E-state index in [4.69, 9.17) is 0 Å². The summed E-state index contributed by atoms with van der Waals surface area (Å²) in [4.78, 5) is 26.2. The minimum atomic E-state index is -0.410. The van der Waals surface area contributed by atoms with Crippen LogP contribution in [0.15, 0.2) is 12.3 Å². The van der Waals surface area contributed by atoms with Crippen molar-refractivity contribution in [2.24, 2.45) is 5.92 Å². The molecule has 1 aromatic rings. The first-order valence-electron chi connectivity index (χ1n) is 4.91. The van der Waals surface area contributed by atoms with Gasteiger partial charge in [0, 0.05) is 17.5 Å². The number of H-pyrrole nitrogens is 1. The smallest absolute Gasteiger partial charge is 0.175 e. The highest BCUT2D eigenvalue weighted by Gasteiger charge is 2.28. The van der Waals surface area contributed by atoms with E-state index in [0.29, 0.717) is 12.0 Å². The molecule has 0 aromatic carbocycles. The van der Waals surface area contributed by atoms with Gasteiger partial charge >= 0.3 is 0 Å². The van der Waals surface area contributed by atoms with Gasteiger partial charge in [0.25, 0.3) is 0 Å². The maximum atomic E-state index is 11.9. The SMILES string of the molecule is CC(=O)C1CCCc2[nH]ccc2C1=O. The molecule has 3 heteroatoms. The number of hydrogen-bond donors (Lipinski definition) is 1. The zero-order valence-electron chi connectivity index (χ0n) is 8.17. The lowest BCUT2D eigenvalue weighted by atomic mass is 9.93. The molecule has 1 aliphatic rings. The van der Waals surface area contributed by atoms with Crippen molar-refractivity contribution in [1.29, 1.82) is 0 Å².